The molecule has 4 N–H and O–H groups in total. The minimum absolute atomic E-state index is 0.00357. The molecule has 2 aromatic rings. The zero-order valence-corrected chi connectivity index (χ0v) is 18.0. The Labute approximate surface area is 183 Å². The van der Waals surface area contributed by atoms with Crippen molar-refractivity contribution in [2.75, 3.05) is 0 Å². The van der Waals surface area contributed by atoms with Crippen LogP contribution in [0.1, 0.15) is 73.2 Å². The molecule has 1 aromatic heterocycles. The van der Waals surface area contributed by atoms with Gasteiger partial charge in [-0.25, -0.2) is 0 Å². The second kappa shape index (κ2) is 9.64. The summed E-state index contributed by atoms with van der Waals surface area (Å²) in [6.07, 6.45) is 5.83. The molecule has 31 heavy (non-hydrogen) atoms. The summed E-state index contributed by atoms with van der Waals surface area (Å²) in [5, 5.41) is 10.3. The first-order valence-corrected chi connectivity index (χ1v) is 11.3. The van der Waals surface area contributed by atoms with Crippen molar-refractivity contribution in [2.45, 2.75) is 75.9 Å². The molecule has 166 valence electrons. The number of nitrogens with two attached hydrogens (primary N) is 1. The Morgan fingerprint density at radius 1 is 1.16 bits per heavy atom. The Bertz CT molecular complexity index is 891. The fourth-order valence-electron chi connectivity index (χ4n) is 4.51. The van der Waals surface area contributed by atoms with Crippen molar-refractivity contribution in [1.29, 1.82) is 0 Å². The van der Waals surface area contributed by atoms with Crippen LogP contribution < -0.4 is 16.4 Å². The van der Waals surface area contributed by atoms with E-state index in [0.717, 1.165) is 44.3 Å². The average molecular weight is 425 g/mol. The first-order chi connectivity index (χ1) is 15.0. The van der Waals surface area contributed by atoms with Gasteiger partial charge in [0.05, 0.1) is 0 Å². The van der Waals surface area contributed by atoms with Gasteiger partial charge in [0.1, 0.15) is 5.76 Å². The van der Waals surface area contributed by atoms with E-state index < -0.39 is 0 Å². The maximum Gasteiger partial charge on any atom is 0.273 e. The largest absolute Gasteiger partial charge is 0.360 e. The van der Waals surface area contributed by atoms with Gasteiger partial charge in [0.25, 0.3) is 5.91 Å². The number of amides is 2. The highest BCUT2D eigenvalue weighted by Gasteiger charge is 2.34. The fraction of sp³-hybridized carbons (Fsp3) is 0.542. The molecule has 0 spiro atoms. The second-order valence-electron chi connectivity index (χ2n) is 9.18. The van der Waals surface area contributed by atoms with Crippen molar-refractivity contribution in [3.63, 3.8) is 0 Å². The summed E-state index contributed by atoms with van der Waals surface area (Å²) in [6, 6.07) is 12.0. The van der Waals surface area contributed by atoms with Crippen LogP contribution >= 0.6 is 0 Å². The molecule has 2 aliphatic rings. The van der Waals surface area contributed by atoms with E-state index in [1.54, 1.807) is 6.07 Å². The second-order valence-corrected chi connectivity index (χ2v) is 9.18. The number of benzene rings is 1. The first-order valence-electron chi connectivity index (χ1n) is 11.3. The maximum atomic E-state index is 12.8. The van der Waals surface area contributed by atoms with Gasteiger partial charge in [0, 0.05) is 36.5 Å². The van der Waals surface area contributed by atoms with Gasteiger partial charge in [-0.05, 0) is 56.9 Å². The summed E-state index contributed by atoms with van der Waals surface area (Å²) in [7, 11) is 0. The Balaban J connectivity index is 1.41. The van der Waals surface area contributed by atoms with E-state index in [1.165, 1.54) is 5.56 Å². The van der Waals surface area contributed by atoms with E-state index in [1.807, 2.05) is 25.1 Å². The lowest BCUT2D eigenvalue weighted by molar-refractivity contribution is -0.122. The van der Waals surface area contributed by atoms with Gasteiger partial charge in [0.15, 0.2) is 5.69 Å². The van der Waals surface area contributed by atoms with E-state index in [2.05, 4.69) is 27.9 Å². The van der Waals surface area contributed by atoms with Crippen LogP contribution in [0.2, 0.25) is 0 Å². The van der Waals surface area contributed by atoms with Gasteiger partial charge in [-0.3, -0.25) is 9.59 Å². The highest BCUT2D eigenvalue weighted by Crippen LogP contribution is 2.40. The minimum atomic E-state index is -0.182. The van der Waals surface area contributed by atoms with Gasteiger partial charge in [-0.2, -0.15) is 0 Å². The predicted molar refractivity (Wildman–Crippen MR) is 117 cm³/mol. The zero-order valence-electron chi connectivity index (χ0n) is 18.0. The van der Waals surface area contributed by atoms with Crippen molar-refractivity contribution >= 4 is 11.8 Å². The number of hydrogen-bond acceptors (Lipinski definition) is 5. The fourth-order valence-corrected chi connectivity index (χ4v) is 4.51. The SMILES string of the molecule is CC(N)CC(=O)N[C@@H]1CC[C@@H](NC(=O)c2cc(C3CC3)on2)[C@@H](Cc2ccccc2)C1. The average Bonchev–Trinajstić information content (AvgIpc) is 3.46. The third kappa shape index (κ3) is 5.94. The number of carbonyl (C=O) groups is 2. The third-order valence-corrected chi connectivity index (χ3v) is 6.25. The van der Waals surface area contributed by atoms with Crippen LogP contribution in [0.4, 0.5) is 0 Å². The lowest BCUT2D eigenvalue weighted by Crippen LogP contribution is -2.49. The molecule has 0 saturated heterocycles. The number of carbonyl (C=O) groups excluding carboxylic acids is 2. The van der Waals surface area contributed by atoms with Gasteiger partial charge >= 0.3 is 0 Å². The van der Waals surface area contributed by atoms with Crippen LogP contribution in [0.25, 0.3) is 0 Å². The van der Waals surface area contributed by atoms with Crippen LogP contribution in [-0.4, -0.2) is 35.1 Å². The number of aromatic nitrogens is 1. The highest BCUT2D eigenvalue weighted by molar-refractivity contribution is 5.92. The summed E-state index contributed by atoms with van der Waals surface area (Å²) >= 11 is 0. The third-order valence-electron chi connectivity index (χ3n) is 6.25. The predicted octanol–water partition coefficient (Wildman–Crippen LogP) is 2.92. The molecule has 1 aromatic carbocycles. The van der Waals surface area contributed by atoms with Crippen LogP contribution in [0, 0.1) is 5.92 Å². The normalized spacial score (nSPS) is 24.4. The Hall–Kier alpha value is -2.67. The minimum Gasteiger partial charge on any atom is -0.360 e. The molecule has 4 rings (SSSR count). The molecular formula is C24H32N4O3. The van der Waals surface area contributed by atoms with Crippen molar-refractivity contribution in [1.82, 2.24) is 15.8 Å². The van der Waals surface area contributed by atoms with E-state index in [9.17, 15) is 9.59 Å². The molecule has 2 aliphatic carbocycles. The van der Waals surface area contributed by atoms with Gasteiger partial charge in [0.2, 0.25) is 5.91 Å². The van der Waals surface area contributed by atoms with E-state index in [-0.39, 0.29) is 35.9 Å². The number of nitrogens with one attached hydrogen (secondary N) is 2. The summed E-state index contributed by atoms with van der Waals surface area (Å²) in [4.78, 5) is 25.0. The highest BCUT2D eigenvalue weighted by atomic mass is 16.5. The topological polar surface area (TPSA) is 110 Å². The molecule has 4 atom stereocenters. The molecule has 0 aliphatic heterocycles. The van der Waals surface area contributed by atoms with Crippen LogP contribution in [0.3, 0.4) is 0 Å². The van der Waals surface area contributed by atoms with E-state index in [4.69, 9.17) is 10.3 Å². The Morgan fingerprint density at radius 2 is 1.94 bits per heavy atom. The summed E-state index contributed by atoms with van der Waals surface area (Å²) < 4.78 is 5.35. The van der Waals surface area contributed by atoms with Gasteiger partial charge < -0.3 is 20.9 Å². The number of rotatable bonds is 8. The standard InChI is InChI=1S/C24H32N4O3/c1-15(25)11-23(29)26-19-9-10-20(18(13-19)12-16-5-3-2-4-6-16)27-24(30)21-14-22(31-28-21)17-7-8-17/h2-6,14-15,17-20H,7-13,25H2,1H3,(H,26,29)(H,27,30)/t15?,18-,19+,20+/m0/s1. The van der Waals surface area contributed by atoms with Crippen molar-refractivity contribution in [3.05, 3.63) is 53.4 Å². The molecule has 1 unspecified atom stereocenters. The molecule has 2 saturated carbocycles. The van der Waals surface area contributed by atoms with E-state index >= 15 is 0 Å². The Morgan fingerprint density at radius 3 is 2.65 bits per heavy atom. The molecule has 1 heterocycles. The summed E-state index contributed by atoms with van der Waals surface area (Å²) in [5.74, 6) is 1.27. The van der Waals surface area contributed by atoms with Gasteiger partial charge in [-0.1, -0.05) is 35.5 Å². The molecule has 2 amide bonds. The van der Waals surface area contributed by atoms with Gasteiger partial charge in [-0.15, -0.1) is 0 Å². The quantitative estimate of drug-likeness (QED) is 0.603. The molecule has 2 fully saturated rings. The maximum absolute atomic E-state index is 12.8. The van der Waals surface area contributed by atoms with Crippen molar-refractivity contribution in [3.8, 4) is 0 Å². The smallest absolute Gasteiger partial charge is 0.273 e. The molecular weight excluding hydrogens is 392 g/mol. The lowest BCUT2D eigenvalue weighted by atomic mass is 9.78. The lowest BCUT2D eigenvalue weighted by Gasteiger charge is -2.37. The number of nitrogens with zero attached hydrogens (tertiary/aromatic N) is 1. The number of hydrogen-bond donors (Lipinski definition) is 3. The Kier molecular flexibility index (Phi) is 6.70. The van der Waals surface area contributed by atoms with Crippen molar-refractivity contribution in [2.24, 2.45) is 11.7 Å². The van der Waals surface area contributed by atoms with E-state index in [0.29, 0.717) is 18.0 Å². The van der Waals surface area contributed by atoms with Crippen LogP contribution in [-0.2, 0) is 11.2 Å². The molecule has 7 nitrogen and oxygen atoms in total. The zero-order chi connectivity index (χ0) is 21.8. The van der Waals surface area contributed by atoms with Crippen molar-refractivity contribution < 1.29 is 14.1 Å². The monoisotopic (exact) mass is 424 g/mol. The molecule has 0 bridgehead atoms. The summed E-state index contributed by atoms with van der Waals surface area (Å²) in [6.45, 7) is 1.84. The van der Waals surface area contributed by atoms with Crippen LogP contribution in [0.5, 0.6) is 0 Å². The summed E-state index contributed by atoms with van der Waals surface area (Å²) in [5.41, 5.74) is 7.35. The first kappa shape index (κ1) is 21.6. The molecule has 0 radical (unpaired) electrons. The van der Waals surface area contributed by atoms with Crippen LogP contribution in [0.15, 0.2) is 40.9 Å². The molecule has 7 heteroatoms.